The van der Waals surface area contributed by atoms with Crippen molar-refractivity contribution in [2.75, 3.05) is 19.6 Å². The van der Waals surface area contributed by atoms with Crippen molar-refractivity contribution in [2.45, 2.75) is 44.2 Å². The first kappa shape index (κ1) is 11.6. The van der Waals surface area contributed by atoms with Crippen molar-refractivity contribution in [3.8, 4) is 0 Å². The molecule has 3 rings (SSSR count). The van der Waals surface area contributed by atoms with Crippen LogP contribution in [-0.4, -0.2) is 35.6 Å². The van der Waals surface area contributed by atoms with Crippen LogP contribution in [-0.2, 0) is 5.54 Å². The van der Waals surface area contributed by atoms with E-state index in [1.54, 1.807) is 0 Å². The Morgan fingerprint density at radius 2 is 2.53 bits per heavy atom. The standard InChI is InChI=1S/C13H21N3S/c1-2-6-15-13(12-14-7-10-17-12)5-9-16-8-3-4-11(13)16/h7,10-11,15H,2-6,8-9H2,1H3. The molecule has 1 aromatic rings. The lowest BCUT2D eigenvalue weighted by Crippen LogP contribution is -2.50. The summed E-state index contributed by atoms with van der Waals surface area (Å²) in [5, 5.41) is 7.24. The van der Waals surface area contributed by atoms with E-state index < -0.39 is 0 Å². The molecule has 94 valence electrons. The monoisotopic (exact) mass is 251 g/mol. The highest BCUT2D eigenvalue weighted by atomic mass is 32.1. The third kappa shape index (κ3) is 1.83. The van der Waals surface area contributed by atoms with E-state index in [9.17, 15) is 0 Å². The molecule has 1 aromatic heterocycles. The van der Waals surface area contributed by atoms with Gasteiger partial charge in [0.15, 0.2) is 0 Å². The van der Waals surface area contributed by atoms with Crippen molar-refractivity contribution in [2.24, 2.45) is 0 Å². The third-order valence-electron chi connectivity index (χ3n) is 4.23. The van der Waals surface area contributed by atoms with Crippen LogP contribution in [0.15, 0.2) is 11.6 Å². The van der Waals surface area contributed by atoms with Gasteiger partial charge in [0, 0.05) is 24.2 Å². The van der Waals surface area contributed by atoms with Gasteiger partial charge < -0.3 is 5.32 Å². The summed E-state index contributed by atoms with van der Waals surface area (Å²) in [4.78, 5) is 7.27. The van der Waals surface area contributed by atoms with Crippen LogP contribution in [0.3, 0.4) is 0 Å². The Bertz CT molecular complexity index is 365. The molecule has 17 heavy (non-hydrogen) atoms. The Morgan fingerprint density at radius 3 is 3.29 bits per heavy atom. The lowest BCUT2D eigenvalue weighted by atomic mass is 9.89. The summed E-state index contributed by atoms with van der Waals surface area (Å²) in [5.74, 6) is 0. The molecule has 0 bridgehead atoms. The van der Waals surface area contributed by atoms with E-state index in [1.165, 1.54) is 43.8 Å². The molecule has 0 aromatic carbocycles. The zero-order chi connectivity index (χ0) is 11.7. The number of hydrogen-bond donors (Lipinski definition) is 1. The van der Waals surface area contributed by atoms with E-state index in [0.29, 0.717) is 6.04 Å². The molecule has 2 saturated heterocycles. The second kappa shape index (κ2) is 4.67. The SMILES string of the molecule is CCCNC1(c2nccs2)CCN2CCCC21. The van der Waals surface area contributed by atoms with Crippen molar-refractivity contribution in [1.29, 1.82) is 0 Å². The maximum atomic E-state index is 4.61. The topological polar surface area (TPSA) is 28.2 Å². The van der Waals surface area contributed by atoms with Crippen molar-refractivity contribution < 1.29 is 0 Å². The first-order chi connectivity index (χ1) is 8.37. The fourth-order valence-corrected chi connectivity index (χ4v) is 4.35. The number of nitrogens with one attached hydrogen (secondary N) is 1. The van der Waals surface area contributed by atoms with E-state index in [-0.39, 0.29) is 5.54 Å². The van der Waals surface area contributed by atoms with Crippen LogP contribution in [0.1, 0.15) is 37.6 Å². The van der Waals surface area contributed by atoms with Crippen LogP contribution >= 0.6 is 11.3 Å². The maximum Gasteiger partial charge on any atom is 0.114 e. The molecular weight excluding hydrogens is 230 g/mol. The number of nitrogens with zero attached hydrogens (tertiary/aromatic N) is 2. The number of fused-ring (bicyclic) bond motifs is 1. The fraction of sp³-hybridized carbons (Fsp3) is 0.769. The molecule has 4 heteroatoms. The first-order valence-electron chi connectivity index (χ1n) is 6.76. The molecule has 2 aliphatic heterocycles. The van der Waals surface area contributed by atoms with Crippen molar-refractivity contribution in [3.63, 3.8) is 0 Å². The Balaban J connectivity index is 1.91. The van der Waals surface area contributed by atoms with E-state index in [4.69, 9.17) is 0 Å². The van der Waals surface area contributed by atoms with Crippen LogP contribution in [0.4, 0.5) is 0 Å². The van der Waals surface area contributed by atoms with E-state index in [1.807, 2.05) is 17.5 Å². The van der Waals surface area contributed by atoms with Crippen LogP contribution in [0.5, 0.6) is 0 Å². The quantitative estimate of drug-likeness (QED) is 0.889. The highest BCUT2D eigenvalue weighted by Gasteiger charge is 2.51. The number of thiazole rings is 1. The number of aromatic nitrogens is 1. The predicted molar refractivity (Wildman–Crippen MR) is 71.3 cm³/mol. The zero-order valence-corrected chi connectivity index (χ0v) is 11.3. The van der Waals surface area contributed by atoms with Gasteiger partial charge in [-0.05, 0) is 38.8 Å². The first-order valence-corrected chi connectivity index (χ1v) is 7.64. The Hall–Kier alpha value is -0.450. The Labute approximate surface area is 107 Å². The highest BCUT2D eigenvalue weighted by Crippen LogP contribution is 2.43. The summed E-state index contributed by atoms with van der Waals surface area (Å²) in [7, 11) is 0. The summed E-state index contributed by atoms with van der Waals surface area (Å²) in [6.45, 7) is 5.86. The van der Waals surface area contributed by atoms with Crippen LogP contribution in [0.2, 0.25) is 0 Å². The Kier molecular flexibility index (Phi) is 3.19. The van der Waals surface area contributed by atoms with Gasteiger partial charge in [0.25, 0.3) is 0 Å². The van der Waals surface area contributed by atoms with Gasteiger partial charge in [0.2, 0.25) is 0 Å². The molecule has 2 atom stereocenters. The molecule has 0 aliphatic carbocycles. The van der Waals surface area contributed by atoms with E-state index in [0.717, 1.165) is 6.54 Å². The summed E-state index contributed by atoms with van der Waals surface area (Å²) in [6, 6.07) is 0.681. The largest absolute Gasteiger partial charge is 0.304 e. The van der Waals surface area contributed by atoms with Gasteiger partial charge >= 0.3 is 0 Å². The third-order valence-corrected chi connectivity index (χ3v) is 5.18. The number of rotatable bonds is 4. The molecule has 0 radical (unpaired) electrons. The molecule has 2 unspecified atom stereocenters. The summed E-state index contributed by atoms with van der Waals surface area (Å²) in [5.41, 5.74) is 0.153. The number of hydrogen-bond acceptors (Lipinski definition) is 4. The van der Waals surface area contributed by atoms with Crippen molar-refractivity contribution in [3.05, 3.63) is 16.6 Å². The van der Waals surface area contributed by atoms with Gasteiger partial charge in [-0.15, -0.1) is 11.3 Å². The molecule has 2 aliphatic rings. The van der Waals surface area contributed by atoms with Crippen LogP contribution in [0.25, 0.3) is 0 Å². The van der Waals surface area contributed by atoms with Crippen molar-refractivity contribution >= 4 is 11.3 Å². The minimum atomic E-state index is 0.153. The van der Waals surface area contributed by atoms with E-state index >= 15 is 0 Å². The summed E-state index contributed by atoms with van der Waals surface area (Å²) >= 11 is 1.82. The van der Waals surface area contributed by atoms with E-state index in [2.05, 4.69) is 27.5 Å². The molecule has 3 nitrogen and oxygen atoms in total. The zero-order valence-electron chi connectivity index (χ0n) is 10.5. The van der Waals surface area contributed by atoms with Gasteiger partial charge in [0.05, 0.1) is 5.54 Å². The smallest absolute Gasteiger partial charge is 0.114 e. The van der Waals surface area contributed by atoms with Crippen LogP contribution in [0, 0.1) is 0 Å². The minimum absolute atomic E-state index is 0.153. The van der Waals surface area contributed by atoms with Crippen molar-refractivity contribution in [1.82, 2.24) is 15.2 Å². The van der Waals surface area contributed by atoms with Gasteiger partial charge in [-0.1, -0.05) is 6.92 Å². The van der Waals surface area contributed by atoms with Gasteiger partial charge in [0.1, 0.15) is 5.01 Å². The van der Waals surface area contributed by atoms with Gasteiger partial charge in [-0.25, -0.2) is 4.98 Å². The van der Waals surface area contributed by atoms with Crippen LogP contribution < -0.4 is 5.32 Å². The van der Waals surface area contributed by atoms with Gasteiger partial charge in [-0.3, -0.25) is 4.90 Å². The minimum Gasteiger partial charge on any atom is -0.304 e. The van der Waals surface area contributed by atoms with Gasteiger partial charge in [-0.2, -0.15) is 0 Å². The molecule has 3 heterocycles. The summed E-state index contributed by atoms with van der Waals surface area (Å²) < 4.78 is 0. The predicted octanol–water partition coefficient (Wildman–Crippen LogP) is 2.21. The average molecular weight is 251 g/mol. The maximum absolute atomic E-state index is 4.61. The normalized spacial score (nSPS) is 33.1. The summed E-state index contributed by atoms with van der Waals surface area (Å²) in [6.07, 6.45) is 7.06. The molecule has 2 fully saturated rings. The second-order valence-electron chi connectivity index (χ2n) is 5.18. The Morgan fingerprint density at radius 1 is 1.59 bits per heavy atom. The average Bonchev–Trinajstić information content (AvgIpc) is 3.04. The highest BCUT2D eigenvalue weighted by molar-refractivity contribution is 7.09. The molecule has 0 amide bonds. The molecular formula is C13H21N3S. The second-order valence-corrected chi connectivity index (χ2v) is 6.07. The molecule has 1 N–H and O–H groups in total. The lowest BCUT2D eigenvalue weighted by molar-refractivity contribution is 0.225. The molecule has 0 saturated carbocycles. The fourth-order valence-electron chi connectivity index (χ4n) is 3.46. The molecule has 0 spiro atoms. The lowest BCUT2D eigenvalue weighted by Gasteiger charge is -2.34.